The molecule has 1 aliphatic heterocycles. The van der Waals surface area contributed by atoms with Gasteiger partial charge in [-0.05, 0) is 73.9 Å². The number of nitrogens with one attached hydrogen (secondary N) is 1. The Labute approximate surface area is 237 Å². The number of anilines is 1. The fraction of sp³-hybridized carbons (Fsp3) is 0.152. The Kier molecular flexibility index (Phi) is 7.14. The van der Waals surface area contributed by atoms with Gasteiger partial charge in [0.05, 0.1) is 28.4 Å². The summed E-state index contributed by atoms with van der Waals surface area (Å²) in [5.41, 5.74) is 3.11. The third kappa shape index (κ3) is 5.19. The van der Waals surface area contributed by atoms with Gasteiger partial charge in [-0.25, -0.2) is 4.90 Å². The summed E-state index contributed by atoms with van der Waals surface area (Å²) in [5, 5.41) is 21.8. The van der Waals surface area contributed by atoms with E-state index in [0.717, 1.165) is 16.7 Å². The molecular weight excluding hydrogens is 518 g/mol. The lowest BCUT2D eigenvalue weighted by Gasteiger charge is -2.22. The number of fused-ring (bicyclic) bond motifs is 1. The van der Waals surface area contributed by atoms with Crippen LogP contribution in [0.2, 0.25) is 0 Å². The molecule has 2 amide bonds. The summed E-state index contributed by atoms with van der Waals surface area (Å²) in [5.74, 6) is -1.38. The molecule has 0 saturated carbocycles. The molecule has 5 rings (SSSR count). The van der Waals surface area contributed by atoms with Gasteiger partial charge in [0.15, 0.2) is 0 Å². The van der Waals surface area contributed by atoms with E-state index in [1.807, 2.05) is 49.4 Å². The van der Waals surface area contributed by atoms with E-state index in [0.29, 0.717) is 22.6 Å². The minimum atomic E-state index is -1.27. The molecule has 0 fully saturated rings. The van der Waals surface area contributed by atoms with Crippen LogP contribution in [0.15, 0.2) is 84.9 Å². The summed E-state index contributed by atoms with van der Waals surface area (Å²) in [6.45, 7) is 4.97. The first-order chi connectivity index (χ1) is 19.6. The average molecular weight is 546 g/mol. The number of aliphatic carboxylic acids is 1. The quantitative estimate of drug-likeness (QED) is 0.258. The molecule has 4 aromatic rings. The van der Waals surface area contributed by atoms with Crippen molar-refractivity contribution in [2.75, 3.05) is 4.90 Å². The Bertz CT molecular complexity index is 1740. The van der Waals surface area contributed by atoms with E-state index in [9.17, 15) is 24.8 Å². The molecule has 0 aliphatic carbocycles. The Morgan fingerprint density at radius 2 is 1.61 bits per heavy atom. The van der Waals surface area contributed by atoms with Crippen LogP contribution in [0.3, 0.4) is 0 Å². The lowest BCUT2D eigenvalue weighted by molar-refractivity contribution is -0.143. The van der Waals surface area contributed by atoms with Gasteiger partial charge in [-0.2, -0.15) is 5.26 Å². The van der Waals surface area contributed by atoms with E-state index >= 15 is 0 Å². The van der Waals surface area contributed by atoms with Gasteiger partial charge in [-0.1, -0.05) is 48.5 Å². The standard InChI is InChI=1S/C33H27N3O5/c1-20-25(22-10-5-4-6-11-22)13-8-14-28(20)36-30(37)26-16-23(19-35-33(2,3)32(39)40)29(17-27(26)31(36)38)41-24-12-7-9-21(15-24)18-34/h4-17,35H,19H2,1-3H3,(H,39,40). The zero-order chi connectivity index (χ0) is 29.3. The third-order valence-electron chi connectivity index (χ3n) is 7.14. The Balaban J connectivity index is 1.57. The molecule has 0 radical (unpaired) electrons. The molecule has 41 heavy (non-hydrogen) atoms. The maximum Gasteiger partial charge on any atom is 0.323 e. The van der Waals surface area contributed by atoms with Crippen molar-refractivity contribution in [1.29, 1.82) is 5.26 Å². The predicted molar refractivity (Wildman–Crippen MR) is 154 cm³/mol. The SMILES string of the molecule is Cc1c(-c2ccccc2)cccc1N1C(=O)c2cc(CNC(C)(C)C(=O)O)c(Oc3cccc(C#N)c3)cc2C1=O. The van der Waals surface area contributed by atoms with Crippen molar-refractivity contribution in [3.05, 3.63) is 113 Å². The van der Waals surface area contributed by atoms with Gasteiger partial charge in [0.1, 0.15) is 17.0 Å². The number of carboxylic acid groups (broad SMARTS) is 1. The molecule has 0 saturated heterocycles. The minimum absolute atomic E-state index is 0.0455. The van der Waals surface area contributed by atoms with Gasteiger partial charge in [0.2, 0.25) is 0 Å². The van der Waals surface area contributed by atoms with Gasteiger partial charge in [-0.15, -0.1) is 0 Å². The lowest BCUT2D eigenvalue weighted by Crippen LogP contribution is -2.46. The largest absolute Gasteiger partial charge is 0.480 e. The number of hydrogen-bond acceptors (Lipinski definition) is 6. The van der Waals surface area contributed by atoms with Crippen LogP contribution in [-0.4, -0.2) is 28.4 Å². The molecule has 4 aromatic carbocycles. The fourth-order valence-electron chi connectivity index (χ4n) is 4.71. The van der Waals surface area contributed by atoms with Crippen LogP contribution >= 0.6 is 0 Å². The number of benzene rings is 4. The highest BCUT2D eigenvalue weighted by atomic mass is 16.5. The highest BCUT2D eigenvalue weighted by Crippen LogP contribution is 2.38. The first kappa shape index (κ1) is 27.3. The van der Waals surface area contributed by atoms with Crippen LogP contribution < -0.4 is 15.0 Å². The van der Waals surface area contributed by atoms with Crippen molar-refractivity contribution in [2.45, 2.75) is 32.9 Å². The second-order valence-corrected chi connectivity index (χ2v) is 10.3. The highest BCUT2D eigenvalue weighted by Gasteiger charge is 2.39. The number of carbonyl (C=O) groups excluding carboxylic acids is 2. The van der Waals surface area contributed by atoms with Crippen molar-refractivity contribution < 1.29 is 24.2 Å². The number of nitrogens with zero attached hydrogens (tertiary/aromatic N) is 2. The van der Waals surface area contributed by atoms with E-state index in [1.165, 1.54) is 24.8 Å². The molecule has 0 unspecified atom stereocenters. The summed E-state index contributed by atoms with van der Waals surface area (Å²) < 4.78 is 6.11. The molecule has 0 bridgehead atoms. The highest BCUT2D eigenvalue weighted by molar-refractivity contribution is 6.35. The van der Waals surface area contributed by atoms with Gasteiger partial charge >= 0.3 is 5.97 Å². The number of imide groups is 1. The van der Waals surface area contributed by atoms with E-state index in [4.69, 9.17) is 4.74 Å². The van der Waals surface area contributed by atoms with Crippen LogP contribution in [0, 0.1) is 18.3 Å². The van der Waals surface area contributed by atoms with E-state index in [2.05, 4.69) is 11.4 Å². The molecule has 8 heteroatoms. The van der Waals surface area contributed by atoms with Crippen LogP contribution in [0.5, 0.6) is 11.5 Å². The number of amides is 2. The van der Waals surface area contributed by atoms with Gasteiger partial charge in [0.25, 0.3) is 11.8 Å². The molecule has 2 N–H and O–H groups in total. The summed E-state index contributed by atoms with van der Waals surface area (Å²) in [6, 6.07) is 26.9. The minimum Gasteiger partial charge on any atom is -0.480 e. The van der Waals surface area contributed by atoms with Crippen molar-refractivity contribution >= 4 is 23.5 Å². The third-order valence-corrected chi connectivity index (χ3v) is 7.14. The first-order valence-electron chi connectivity index (χ1n) is 13.0. The summed E-state index contributed by atoms with van der Waals surface area (Å²) in [6.07, 6.45) is 0. The molecule has 204 valence electrons. The van der Waals surface area contributed by atoms with Crippen LogP contribution in [0.1, 0.15) is 51.3 Å². The number of carboxylic acids is 1. The molecule has 1 heterocycles. The van der Waals surface area contributed by atoms with E-state index in [1.54, 1.807) is 36.4 Å². The fourth-order valence-corrected chi connectivity index (χ4v) is 4.71. The maximum absolute atomic E-state index is 13.7. The average Bonchev–Trinajstić information content (AvgIpc) is 3.20. The van der Waals surface area contributed by atoms with Crippen LogP contribution in [0.25, 0.3) is 11.1 Å². The van der Waals surface area contributed by atoms with Gasteiger partial charge in [0, 0.05) is 12.1 Å². The summed E-state index contributed by atoms with van der Waals surface area (Å²) >= 11 is 0. The van der Waals surface area contributed by atoms with E-state index in [-0.39, 0.29) is 23.4 Å². The van der Waals surface area contributed by atoms with Crippen LogP contribution in [0.4, 0.5) is 5.69 Å². The smallest absolute Gasteiger partial charge is 0.323 e. The predicted octanol–water partition coefficient (Wildman–Crippen LogP) is 6.08. The Hall–Kier alpha value is -5.26. The van der Waals surface area contributed by atoms with E-state index < -0.39 is 23.3 Å². The number of ether oxygens (including phenoxy) is 1. The molecule has 0 spiro atoms. The van der Waals surface area contributed by atoms with Crippen molar-refractivity contribution in [3.63, 3.8) is 0 Å². The number of hydrogen-bond donors (Lipinski definition) is 2. The number of rotatable bonds is 8. The molecule has 8 nitrogen and oxygen atoms in total. The van der Waals surface area contributed by atoms with Gasteiger partial charge < -0.3 is 9.84 Å². The number of carbonyl (C=O) groups is 3. The lowest BCUT2D eigenvalue weighted by atomic mass is 9.99. The van der Waals surface area contributed by atoms with Crippen LogP contribution in [-0.2, 0) is 11.3 Å². The first-order valence-corrected chi connectivity index (χ1v) is 13.0. The molecule has 0 aromatic heterocycles. The normalized spacial score (nSPS) is 12.7. The van der Waals surface area contributed by atoms with Crippen molar-refractivity contribution in [2.24, 2.45) is 0 Å². The Morgan fingerprint density at radius 3 is 2.29 bits per heavy atom. The Morgan fingerprint density at radius 1 is 0.927 bits per heavy atom. The molecule has 1 aliphatic rings. The zero-order valence-corrected chi connectivity index (χ0v) is 22.8. The summed E-state index contributed by atoms with van der Waals surface area (Å²) in [7, 11) is 0. The second-order valence-electron chi connectivity index (χ2n) is 10.3. The topological polar surface area (TPSA) is 120 Å². The second kappa shape index (κ2) is 10.7. The maximum atomic E-state index is 13.7. The number of nitriles is 1. The summed E-state index contributed by atoms with van der Waals surface area (Å²) in [4.78, 5) is 40.4. The van der Waals surface area contributed by atoms with Gasteiger partial charge in [-0.3, -0.25) is 19.7 Å². The molecular formula is C33H27N3O5. The molecule has 0 atom stereocenters. The zero-order valence-electron chi connectivity index (χ0n) is 22.8. The van der Waals surface area contributed by atoms with Crippen molar-refractivity contribution in [3.8, 4) is 28.7 Å². The van der Waals surface area contributed by atoms with Crippen molar-refractivity contribution in [1.82, 2.24) is 5.32 Å². The monoisotopic (exact) mass is 545 g/mol.